The first-order valence-corrected chi connectivity index (χ1v) is 8.10. The van der Waals surface area contributed by atoms with E-state index in [1.165, 1.54) is 13.2 Å². The Hall–Kier alpha value is -1.36. The summed E-state index contributed by atoms with van der Waals surface area (Å²) in [6.45, 7) is 0. The molecule has 0 saturated carbocycles. The van der Waals surface area contributed by atoms with E-state index in [2.05, 4.69) is 0 Å². The van der Waals surface area contributed by atoms with E-state index in [4.69, 9.17) is 27.9 Å². The van der Waals surface area contributed by atoms with Crippen LogP contribution in [0.3, 0.4) is 0 Å². The molecule has 0 aromatic heterocycles. The van der Waals surface area contributed by atoms with Crippen LogP contribution in [0.4, 0.5) is 0 Å². The molecule has 2 rings (SSSR count). The van der Waals surface area contributed by atoms with Crippen LogP contribution in [-0.4, -0.2) is 22.9 Å². The van der Waals surface area contributed by atoms with Gasteiger partial charge in [-0.05, 0) is 30.3 Å². The van der Waals surface area contributed by atoms with Crippen molar-refractivity contribution in [2.75, 3.05) is 12.9 Å². The van der Waals surface area contributed by atoms with E-state index in [1.807, 2.05) is 0 Å². The molecule has 0 spiro atoms. The lowest BCUT2D eigenvalue weighted by atomic mass is 10.1. The molecular formula is C15H12Cl2O3S. The van der Waals surface area contributed by atoms with Crippen molar-refractivity contribution in [3.05, 3.63) is 58.1 Å². The second-order valence-corrected chi connectivity index (χ2v) is 6.45. The third kappa shape index (κ3) is 3.84. The molecule has 0 aliphatic heterocycles. The second kappa shape index (κ2) is 7.07. The lowest BCUT2D eigenvalue weighted by Gasteiger charge is -2.08. The van der Waals surface area contributed by atoms with Crippen molar-refractivity contribution in [3.63, 3.8) is 0 Å². The zero-order chi connectivity index (χ0) is 15.4. The highest BCUT2D eigenvalue weighted by Crippen LogP contribution is 2.24. The number of ketones is 1. The quantitative estimate of drug-likeness (QED) is 0.771. The van der Waals surface area contributed by atoms with E-state index < -0.39 is 10.8 Å². The Morgan fingerprint density at radius 1 is 1.19 bits per heavy atom. The summed E-state index contributed by atoms with van der Waals surface area (Å²) in [6, 6.07) is 11.5. The maximum atomic E-state index is 12.3. The zero-order valence-electron chi connectivity index (χ0n) is 11.1. The standard InChI is InChI=1S/C15H12Cl2O3S/c1-20-14-4-2-3-5-15(14)21(19)9-13(18)11-8-10(16)6-7-12(11)17/h2-8H,9H2,1H3. The number of hydrogen-bond acceptors (Lipinski definition) is 3. The average Bonchev–Trinajstić information content (AvgIpc) is 2.49. The molecule has 2 aromatic rings. The van der Waals surface area contributed by atoms with Crippen LogP contribution in [-0.2, 0) is 10.8 Å². The van der Waals surface area contributed by atoms with Crippen LogP contribution < -0.4 is 4.74 Å². The minimum atomic E-state index is -1.52. The highest BCUT2D eigenvalue weighted by Gasteiger charge is 2.17. The van der Waals surface area contributed by atoms with E-state index in [0.717, 1.165) is 0 Å². The molecule has 1 atom stereocenters. The molecular weight excluding hydrogens is 331 g/mol. The zero-order valence-corrected chi connectivity index (χ0v) is 13.5. The van der Waals surface area contributed by atoms with Crippen molar-refractivity contribution in [3.8, 4) is 5.75 Å². The van der Waals surface area contributed by atoms with Gasteiger partial charge in [0.05, 0.1) is 33.6 Å². The van der Waals surface area contributed by atoms with Crippen molar-refractivity contribution in [1.29, 1.82) is 0 Å². The summed E-state index contributed by atoms with van der Waals surface area (Å²) in [6.07, 6.45) is 0. The van der Waals surface area contributed by atoms with Gasteiger partial charge in [-0.3, -0.25) is 9.00 Å². The van der Waals surface area contributed by atoms with Crippen LogP contribution >= 0.6 is 23.2 Å². The third-order valence-corrected chi connectivity index (χ3v) is 4.72. The Balaban J connectivity index is 2.23. The van der Waals surface area contributed by atoms with E-state index in [1.54, 1.807) is 36.4 Å². The lowest BCUT2D eigenvalue weighted by Crippen LogP contribution is -2.12. The Morgan fingerprint density at radius 2 is 1.90 bits per heavy atom. The van der Waals surface area contributed by atoms with E-state index in [0.29, 0.717) is 20.7 Å². The van der Waals surface area contributed by atoms with Crippen molar-refractivity contribution in [2.24, 2.45) is 0 Å². The van der Waals surface area contributed by atoms with Crippen LogP contribution in [0.1, 0.15) is 10.4 Å². The summed E-state index contributed by atoms with van der Waals surface area (Å²) in [5, 5.41) is 0.701. The molecule has 21 heavy (non-hydrogen) atoms. The van der Waals surface area contributed by atoms with Gasteiger partial charge in [-0.1, -0.05) is 35.3 Å². The smallest absolute Gasteiger partial charge is 0.177 e. The fourth-order valence-corrected chi connectivity index (χ4v) is 3.34. The summed E-state index contributed by atoms with van der Waals surface area (Å²) in [4.78, 5) is 12.7. The Labute approximate surface area is 135 Å². The molecule has 2 aromatic carbocycles. The van der Waals surface area contributed by atoms with Gasteiger partial charge in [0, 0.05) is 10.6 Å². The minimum Gasteiger partial charge on any atom is -0.495 e. The highest BCUT2D eigenvalue weighted by molar-refractivity contribution is 7.86. The van der Waals surface area contributed by atoms with Crippen molar-refractivity contribution in [1.82, 2.24) is 0 Å². The maximum Gasteiger partial charge on any atom is 0.177 e. The van der Waals surface area contributed by atoms with Gasteiger partial charge in [-0.25, -0.2) is 0 Å². The number of halogens is 2. The predicted molar refractivity (Wildman–Crippen MR) is 85.1 cm³/mol. The van der Waals surface area contributed by atoms with Crippen LogP contribution in [0.2, 0.25) is 10.0 Å². The number of carbonyl (C=O) groups excluding carboxylic acids is 1. The maximum absolute atomic E-state index is 12.3. The monoisotopic (exact) mass is 342 g/mol. The molecule has 0 radical (unpaired) electrons. The van der Waals surface area contributed by atoms with Gasteiger partial charge in [-0.2, -0.15) is 0 Å². The SMILES string of the molecule is COc1ccccc1S(=O)CC(=O)c1cc(Cl)ccc1Cl. The molecule has 3 nitrogen and oxygen atoms in total. The molecule has 0 amide bonds. The van der Waals surface area contributed by atoms with Gasteiger partial charge in [-0.15, -0.1) is 0 Å². The molecule has 110 valence electrons. The van der Waals surface area contributed by atoms with E-state index in [9.17, 15) is 9.00 Å². The summed E-state index contributed by atoms with van der Waals surface area (Å²) >= 11 is 11.8. The second-order valence-electron chi connectivity index (χ2n) is 4.19. The number of Topliss-reactive ketones (excluding diaryl/α,β-unsaturated/α-hetero) is 1. The van der Waals surface area contributed by atoms with Gasteiger partial charge in [0.25, 0.3) is 0 Å². The predicted octanol–water partition coefficient (Wildman–Crippen LogP) is 3.99. The molecule has 0 N–H and O–H groups in total. The van der Waals surface area contributed by atoms with Crippen molar-refractivity contribution in [2.45, 2.75) is 4.90 Å². The van der Waals surface area contributed by atoms with E-state index in [-0.39, 0.29) is 17.1 Å². The fraction of sp³-hybridized carbons (Fsp3) is 0.133. The third-order valence-electron chi connectivity index (χ3n) is 2.81. The average molecular weight is 343 g/mol. The minimum absolute atomic E-state index is 0.180. The number of ether oxygens (including phenoxy) is 1. The first-order valence-electron chi connectivity index (χ1n) is 6.02. The summed E-state index contributed by atoms with van der Waals surface area (Å²) in [5.74, 6) is -0.0203. The van der Waals surface area contributed by atoms with Gasteiger partial charge >= 0.3 is 0 Å². The molecule has 6 heteroatoms. The molecule has 0 aliphatic carbocycles. The van der Waals surface area contributed by atoms with E-state index >= 15 is 0 Å². The van der Waals surface area contributed by atoms with Gasteiger partial charge in [0.15, 0.2) is 5.78 Å². The summed E-state index contributed by atoms with van der Waals surface area (Å²) in [7, 11) is -0.0248. The highest BCUT2D eigenvalue weighted by atomic mass is 35.5. The molecule has 0 fully saturated rings. The molecule has 0 aliphatic rings. The first-order chi connectivity index (χ1) is 10.0. The molecule has 0 saturated heterocycles. The number of rotatable bonds is 5. The van der Waals surface area contributed by atoms with Gasteiger partial charge in [0.1, 0.15) is 5.75 Å². The van der Waals surface area contributed by atoms with Crippen LogP contribution in [0.25, 0.3) is 0 Å². The molecule has 0 heterocycles. The Kier molecular flexibility index (Phi) is 5.39. The number of para-hydroxylation sites is 1. The number of hydrogen-bond donors (Lipinski definition) is 0. The molecule has 0 bridgehead atoms. The lowest BCUT2D eigenvalue weighted by molar-refractivity contribution is 0.102. The topological polar surface area (TPSA) is 43.4 Å². The fourth-order valence-electron chi connectivity index (χ4n) is 1.79. The van der Waals surface area contributed by atoms with Crippen LogP contribution in [0, 0.1) is 0 Å². The van der Waals surface area contributed by atoms with Gasteiger partial charge in [0.2, 0.25) is 0 Å². The van der Waals surface area contributed by atoms with Crippen LogP contribution in [0.15, 0.2) is 47.4 Å². The first kappa shape index (κ1) is 16.0. The Bertz CT molecular complexity index is 701. The largest absolute Gasteiger partial charge is 0.495 e. The van der Waals surface area contributed by atoms with Gasteiger partial charge < -0.3 is 4.74 Å². The number of benzene rings is 2. The summed E-state index contributed by atoms with van der Waals surface area (Å²) in [5.41, 5.74) is 0.271. The Morgan fingerprint density at radius 3 is 2.62 bits per heavy atom. The normalized spacial score (nSPS) is 12.0. The molecule has 1 unspecified atom stereocenters. The number of carbonyl (C=O) groups is 1. The number of methoxy groups -OCH3 is 1. The van der Waals surface area contributed by atoms with Crippen LogP contribution in [0.5, 0.6) is 5.75 Å². The van der Waals surface area contributed by atoms with Crippen molar-refractivity contribution < 1.29 is 13.7 Å². The summed E-state index contributed by atoms with van der Waals surface area (Å²) < 4.78 is 17.5. The van der Waals surface area contributed by atoms with Crippen molar-refractivity contribution >= 4 is 39.8 Å².